The Balaban J connectivity index is 2.28. The predicted molar refractivity (Wildman–Crippen MR) is 72.3 cm³/mol. The van der Waals surface area contributed by atoms with Gasteiger partial charge in [0.25, 0.3) is 0 Å². The van der Waals surface area contributed by atoms with E-state index in [1.54, 1.807) is 0 Å². The number of benzene rings is 1. The highest BCUT2D eigenvalue weighted by atomic mass is 16.5. The van der Waals surface area contributed by atoms with E-state index in [1.807, 2.05) is 30.3 Å². The Morgan fingerprint density at radius 3 is 2.89 bits per heavy atom. The molecule has 0 saturated carbocycles. The molecule has 0 unspecified atom stereocenters. The van der Waals surface area contributed by atoms with Crippen molar-refractivity contribution in [2.75, 3.05) is 13.2 Å². The van der Waals surface area contributed by atoms with Gasteiger partial charge in [0.2, 0.25) is 5.91 Å². The first kappa shape index (κ1) is 15.0. The summed E-state index contributed by atoms with van der Waals surface area (Å²) in [6.45, 7) is 1.55. The molecule has 5 heteroatoms. The van der Waals surface area contributed by atoms with Crippen LogP contribution >= 0.6 is 0 Å². The van der Waals surface area contributed by atoms with Crippen molar-refractivity contribution in [1.29, 1.82) is 5.26 Å². The van der Waals surface area contributed by atoms with Crippen LogP contribution in [0.15, 0.2) is 24.3 Å². The van der Waals surface area contributed by atoms with Gasteiger partial charge in [-0.25, -0.2) is 0 Å². The van der Waals surface area contributed by atoms with E-state index in [0.717, 1.165) is 30.7 Å². The summed E-state index contributed by atoms with van der Waals surface area (Å²) in [7, 11) is 0. The number of nitriles is 1. The molecule has 3 N–H and O–H groups in total. The number of nitrogens with zero attached hydrogens (tertiary/aromatic N) is 1. The molecule has 5 nitrogen and oxygen atoms in total. The lowest BCUT2D eigenvalue weighted by atomic mass is 10.2. The second-order valence-electron chi connectivity index (χ2n) is 4.15. The predicted octanol–water partition coefficient (Wildman–Crippen LogP) is 1.33. The van der Waals surface area contributed by atoms with Gasteiger partial charge in [0.05, 0.1) is 0 Å². The molecule has 19 heavy (non-hydrogen) atoms. The van der Waals surface area contributed by atoms with Crippen LogP contribution in [0.25, 0.3) is 0 Å². The molecule has 102 valence electrons. The van der Waals surface area contributed by atoms with E-state index in [1.165, 1.54) is 0 Å². The number of nitrogens with one attached hydrogen (secondary N) is 1. The maximum atomic E-state index is 10.6. The van der Waals surface area contributed by atoms with Crippen LogP contribution in [0.3, 0.4) is 0 Å². The van der Waals surface area contributed by atoms with Gasteiger partial charge in [-0.05, 0) is 25.5 Å². The molecule has 0 heterocycles. The van der Waals surface area contributed by atoms with Gasteiger partial charge in [-0.1, -0.05) is 18.2 Å². The van der Waals surface area contributed by atoms with E-state index in [-0.39, 0.29) is 12.5 Å². The van der Waals surface area contributed by atoms with Crippen LogP contribution in [0.4, 0.5) is 0 Å². The smallest absolute Gasteiger partial charge is 0.217 e. The van der Waals surface area contributed by atoms with Gasteiger partial charge in [0.15, 0.2) is 6.61 Å². The van der Waals surface area contributed by atoms with Crippen molar-refractivity contribution < 1.29 is 9.53 Å². The largest absolute Gasteiger partial charge is 0.478 e. The van der Waals surface area contributed by atoms with Crippen LogP contribution < -0.4 is 15.8 Å². The average Bonchev–Trinajstić information content (AvgIpc) is 2.41. The minimum atomic E-state index is -0.254. The van der Waals surface area contributed by atoms with Gasteiger partial charge in [0.1, 0.15) is 11.8 Å². The standard InChI is InChI=1S/C14H19N3O2/c15-8-10-19-13-6-2-1-5-12(13)11-17-9-4-3-7-14(16)18/h1-2,5-6,17H,3-4,7,9-11H2,(H2,16,18). The number of primary amides is 1. The van der Waals surface area contributed by atoms with E-state index < -0.39 is 0 Å². The fraction of sp³-hybridized carbons (Fsp3) is 0.429. The van der Waals surface area contributed by atoms with Crippen molar-refractivity contribution in [3.63, 3.8) is 0 Å². The highest BCUT2D eigenvalue weighted by Crippen LogP contribution is 2.17. The molecule has 0 radical (unpaired) electrons. The van der Waals surface area contributed by atoms with Crippen molar-refractivity contribution in [3.05, 3.63) is 29.8 Å². The molecule has 1 amide bonds. The Labute approximate surface area is 113 Å². The maximum Gasteiger partial charge on any atom is 0.217 e. The van der Waals surface area contributed by atoms with Crippen molar-refractivity contribution in [3.8, 4) is 11.8 Å². The summed E-state index contributed by atoms with van der Waals surface area (Å²) in [5.74, 6) is 0.476. The second kappa shape index (κ2) is 8.95. The lowest BCUT2D eigenvalue weighted by Gasteiger charge is -2.10. The van der Waals surface area contributed by atoms with Crippen LogP contribution in [0.1, 0.15) is 24.8 Å². The molecule has 0 bridgehead atoms. The molecule has 0 saturated heterocycles. The molecular weight excluding hydrogens is 242 g/mol. The SMILES string of the molecule is N#CCOc1ccccc1CNCCCCC(N)=O. The zero-order chi connectivity index (χ0) is 13.9. The highest BCUT2D eigenvalue weighted by molar-refractivity contribution is 5.73. The fourth-order valence-electron chi connectivity index (χ4n) is 1.67. The van der Waals surface area contributed by atoms with Crippen LogP contribution in [0.5, 0.6) is 5.75 Å². The fourth-order valence-corrected chi connectivity index (χ4v) is 1.67. The van der Waals surface area contributed by atoms with Crippen LogP contribution in [-0.2, 0) is 11.3 Å². The van der Waals surface area contributed by atoms with Gasteiger partial charge in [-0.3, -0.25) is 4.79 Å². The van der Waals surface area contributed by atoms with Crippen molar-refractivity contribution >= 4 is 5.91 Å². The number of carbonyl (C=O) groups excluding carboxylic acids is 1. The monoisotopic (exact) mass is 261 g/mol. The molecule has 1 aromatic carbocycles. The van der Waals surface area contributed by atoms with Gasteiger partial charge in [-0.2, -0.15) is 5.26 Å². The van der Waals surface area contributed by atoms with Crippen LogP contribution in [0, 0.1) is 11.3 Å². The number of rotatable bonds is 9. The Bertz CT molecular complexity index is 441. The Morgan fingerprint density at radius 2 is 2.16 bits per heavy atom. The number of carbonyl (C=O) groups is 1. The lowest BCUT2D eigenvalue weighted by Crippen LogP contribution is -2.16. The van der Waals surface area contributed by atoms with E-state index in [9.17, 15) is 4.79 Å². The molecule has 0 spiro atoms. The number of amides is 1. The first-order chi connectivity index (χ1) is 9.24. The molecule has 0 aliphatic heterocycles. The zero-order valence-corrected chi connectivity index (χ0v) is 10.9. The molecule has 1 aromatic rings. The number of unbranched alkanes of at least 4 members (excludes halogenated alkanes) is 1. The highest BCUT2D eigenvalue weighted by Gasteiger charge is 2.02. The molecular formula is C14H19N3O2. The van der Waals surface area contributed by atoms with E-state index in [0.29, 0.717) is 13.0 Å². The number of para-hydroxylation sites is 1. The number of hydrogen-bond donors (Lipinski definition) is 2. The Hall–Kier alpha value is -2.06. The molecule has 0 aliphatic rings. The summed E-state index contributed by atoms with van der Waals surface area (Å²) in [6.07, 6.45) is 2.14. The first-order valence-electron chi connectivity index (χ1n) is 6.30. The van der Waals surface area contributed by atoms with E-state index in [4.69, 9.17) is 15.7 Å². The number of ether oxygens (including phenoxy) is 1. The molecule has 0 fully saturated rings. The van der Waals surface area contributed by atoms with Crippen molar-refractivity contribution in [1.82, 2.24) is 5.32 Å². The molecule has 0 atom stereocenters. The summed E-state index contributed by atoms with van der Waals surface area (Å²) in [5, 5.41) is 11.8. The van der Waals surface area contributed by atoms with Gasteiger partial charge < -0.3 is 15.8 Å². The number of hydrogen-bond acceptors (Lipinski definition) is 4. The minimum absolute atomic E-state index is 0.0512. The van der Waals surface area contributed by atoms with Crippen molar-refractivity contribution in [2.45, 2.75) is 25.8 Å². The van der Waals surface area contributed by atoms with E-state index in [2.05, 4.69) is 5.32 Å². The molecule has 0 aliphatic carbocycles. The molecule has 0 aromatic heterocycles. The second-order valence-corrected chi connectivity index (χ2v) is 4.15. The Kier molecular flexibility index (Phi) is 7.06. The molecule has 1 rings (SSSR count). The number of nitrogens with two attached hydrogens (primary N) is 1. The third-order valence-corrected chi connectivity index (χ3v) is 2.61. The third-order valence-electron chi connectivity index (χ3n) is 2.61. The summed E-state index contributed by atoms with van der Waals surface area (Å²) in [6, 6.07) is 9.57. The summed E-state index contributed by atoms with van der Waals surface area (Å²) < 4.78 is 5.33. The minimum Gasteiger partial charge on any atom is -0.478 e. The first-order valence-corrected chi connectivity index (χ1v) is 6.30. The summed E-state index contributed by atoms with van der Waals surface area (Å²) in [5.41, 5.74) is 6.08. The summed E-state index contributed by atoms with van der Waals surface area (Å²) >= 11 is 0. The van der Waals surface area contributed by atoms with Crippen molar-refractivity contribution in [2.24, 2.45) is 5.73 Å². The maximum absolute atomic E-state index is 10.6. The van der Waals surface area contributed by atoms with Crippen LogP contribution in [0.2, 0.25) is 0 Å². The Morgan fingerprint density at radius 1 is 1.37 bits per heavy atom. The van der Waals surface area contributed by atoms with Crippen LogP contribution in [-0.4, -0.2) is 19.1 Å². The zero-order valence-electron chi connectivity index (χ0n) is 10.9. The lowest BCUT2D eigenvalue weighted by molar-refractivity contribution is -0.118. The topological polar surface area (TPSA) is 88.1 Å². The van der Waals surface area contributed by atoms with E-state index >= 15 is 0 Å². The van der Waals surface area contributed by atoms with Gasteiger partial charge in [0, 0.05) is 18.5 Å². The normalized spacial score (nSPS) is 9.84. The third kappa shape index (κ3) is 6.43. The summed E-state index contributed by atoms with van der Waals surface area (Å²) in [4.78, 5) is 10.6. The average molecular weight is 261 g/mol. The quantitative estimate of drug-likeness (QED) is 0.656. The van der Waals surface area contributed by atoms with Gasteiger partial charge in [-0.15, -0.1) is 0 Å². The van der Waals surface area contributed by atoms with Gasteiger partial charge >= 0.3 is 0 Å².